The number of hydrogen-bond acceptors (Lipinski definition) is 4. The van der Waals surface area contributed by atoms with Gasteiger partial charge in [-0.05, 0) is 13.8 Å². The zero-order valence-corrected chi connectivity index (χ0v) is 13.2. The molecule has 1 rings (SSSR count). The molecule has 7 heteroatoms. The van der Waals surface area contributed by atoms with E-state index in [1.165, 1.54) is 0 Å². The van der Waals surface area contributed by atoms with Gasteiger partial charge in [-0.3, -0.25) is 0 Å². The summed E-state index contributed by atoms with van der Waals surface area (Å²) in [5, 5.41) is 4.47. The van der Waals surface area contributed by atoms with Gasteiger partial charge in [-0.15, -0.1) is 9.12 Å². The van der Waals surface area contributed by atoms with Crippen LogP contribution in [-0.2, 0) is 14.1 Å². The van der Waals surface area contributed by atoms with E-state index in [1.54, 1.807) is 6.92 Å². The first-order valence-electron chi connectivity index (χ1n) is 6.71. The van der Waals surface area contributed by atoms with Gasteiger partial charge in [0.15, 0.2) is 0 Å². The first-order chi connectivity index (χ1) is 8.86. The summed E-state index contributed by atoms with van der Waals surface area (Å²) in [6.07, 6.45) is -0.705. The normalized spacial score (nSPS) is 39.2. The van der Waals surface area contributed by atoms with Crippen LogP contribution in [0.15, 0.2) is 0 Å². The highest BCUT2D eigenvalue weighted by molar-refractivity contribution is 7.60. The lowest BCUT2D eigenvalue weighted by molar-refractivity contribution is -0.210. The van der Waals surface area contributed by atoms with Crippen LogP contribution in [0.4, 0.5) is 0 Å². The summed E-state index contributed by atoms with van der Waals surface area (Å²) >= 11 is 5.93. The average Bonchev–Trinajstić information content (AvgIpc) is 2.29. The van der Waals surface area contributed by atoms with Crippen molar-refractivity contribution in [1.29, 1.82) is 1.43 Å². The van der Waals surface area contributed by atoms with Crippen molar-refractivity contribution in [2.45, 2.75) is 57.6 Å². The Kier molecular flexibility index (Phi) is 6.19. The Morgan fingerprint density at radius 2 is 2.22 bits per heavy atom. The van der Waals surface area contributed by atoms with Gasteiger partial charge < -0.3 is 19.2 Å². The van der Waals surface area contributed by atoms with E-state index in [2.05, 4.69) is 14.2 Å². The third-order valence-electron chi connectivity index (χ3n) is 3.16. The Labute approximate surface area is 118 Å². The third-order valence-corrected chi connectivity index (χ3v) is 3.42. The number of halogens is 1. The molecule has 0 radical (unpaired) electrons. The highest BCUT2D eigenvalue weighted by atomic mass is 35.5. The number of aliphatic hydroxyl groups excluding tert-OH is 1. The number of ether oxygens (including phenoxy) is 2. The molecule has 7 atom stereocenters. The van der Waals surface area contributed by atoms with E-state index >= 15 is 0 Å². The van der Waals surface area contributed by atoms with Crippen LogP contribution in [0.1, 0.15) is 20.8 Å². The Bertz CT molecular complexity index is 275. The molecule has 4 nitrogen and oxygen atoms in total. The smallest absolute Gasteiger partial charge is 0.312 e. The maximum Gasteiger partial charge on any atom is 0.312 e. The molecule has 0 aromatic rings. The molecule has 0 aromatic heterocycles. The van der Waals surface area contributed by atoms with E-state index in [4.69, 9.17) is 27.2 Å². The topological polar surface area (TPSA) is 47.9 Å². The summed E-state index contributed by atoms with van der Waals surface area (Å²) in [6.45, 7) is 7.90. The Hall–Kier alpha value is 0.625. The van der Waals surface area contributed by atoms with Gasteiger partial charge in [-0.25, -0.2) is 0 Å². The van der Waals surface area contributed by atoms with E-state index in [1.807, 2.05) is 20.7 Å². The minimum Gasteiger partial charge on any atom is -0.426 e. The van der Waals surface area contributed by atoms with E-state index in [9.17, 15) is 0 Å². The van der Waals surface area contributed by atoms with Crippen molar-refractivity contribution >= 4 is 27.4 Å². The fourth-order valence-electron chi connectivity index (χ4n) is 2.30. The zero-order valence-electron chi connectivity index (χ0n) is 12.3. The van der Waals surface area contributed by atoms with Gasteiger partial charge >= 0.3 is 6.64 Å². The lowest BCUT2D eigenvalue weighted by Gasteiger charge is -2.45. The lowest BCUT2D eigenvalue weighted by atomic mass is 9.86. The minimum absolute atomic E-state index is 0.00653. The first-order valence-corrected chi connectivity index (χ1v) is 7.41. The fourth-order valence-corrected chi connectivity index (χ4v) is 2.60. The first kappa shape index (κ1) is 15.0. The van der Waals surface area contributed by atoms with Gasteiger partial charge in [-0.2, -0.15) is 0 Å². The summed E-state index contributed by atoms with van der Waals surface area (Å²) in [7, 11) is 2.61. The van der Waals surface area contributed by atoms with Crippen molar-refractivity contribution in [1.82, 2.24) is 0 Å². The van der Waals surface area contributed by atoms with E-state index in [0.29, 0.717) is 0 Å². The van der Waals surface area contributed by atoms with Crippen LogP contribution in [0.2, 0.25) is 6.82 Å². The standard InChI is InChI=1S/C11H23BClO4P/c1-6-9(5-14)15-7(2)11(16-8(3)13)10(6)17-12(4)18/h6-11,14H,5,18H2,1-4H3/i14T. The summed E-state index contributed by atoms with van der Waals surface area (Å²) in [4.78, 5) is 0. The van der Waals surface area contributed by atoms with Gasteiger partial charge in [-0.1, -0.05) is 25.3 Å². The molecule has 0 aromatic carbocycles. The second kappa shape index (κ2) is 7.42. The van der Waals surface area contributed by atoms with Gasteiger partial charge in [0.2, 0.25) is 1.43 Å². The molecule has 106 valence electrons. The maximum absolute atomic E-state index is 6.89. The molecule has 0 spiro atoms. The second-order valence-corrected chi connectivity index (χ2v) is 6.41. The largest absolute Gasteiger partial charge is 0.426 e. The van der Waals surface area contributed by atoms with Crippen molar-refractivity contribution in [2.24, 2.45) is 5.92 Å². The van der Waals surface area contributed by atoms with Crippen LogP contribution in [0.5, 0.6) is 0 Å². The van der Waals surface area contributed by atoms with Gasteiger partial charge in [0, 0.05) is 5.92 Å². The summed E-state index contributed by atoms with van der Waals surface area (Å²) in [5.41, 5.74) is -0.404. The van der Waals surface area contributed by atoms with Crippen LogP contribution in [0, 0.1) is 5.92 Å². The fraction of sp³-hybridized carbons (Fsp3) is 1.00. The zero-order chi connectivity index (χ0) is 14.6. The quantitative estimate of drug-likeness (QED) is 0.461. The molecule has 1 aliphatic rings. The molecule has 1 aliphatic heterocycles. The molecule has 1 saturated heterocycles. The Morgan fingerprint density at radius 3 is 2.72 bits per heavy atom. The van der Waals surface area contributed by atoms with Crippen LogP contribution in [-0.4, -0.2) is 49.8 Å². The van der Waals surface area contributed by atoms with Gasteiger partial charge in [0.05, 0.1) is 24.9 Å². The molecule has 0 saturated carbocycles. The summed E-state index contributed by atoms with van der Waals surface area (Å²) < 4.78 is 24.4. The SMILES string of the molecule is [3H]OCC1OC(C)C(OC(C)Cl)C(OB(C)P)C1C. The van der Waals surface area contributed by atoms with Crippen LogP contribution in [0.25, 0.3) is 0 Å². The van der Waals surface area contributed by atoms with Gasteiger partial charge in [0.1, 0.15) is 11.7 Å². The Balaban J connectivity index is 2.83. The predicted molar refractivity (Wildman–Crippen MR) is 77.0 cm³/mol. The van der Waals surface area contributed by atoms with Crippen molar-refractivity contribution < 1.29 is 19.2 Å². The molecule has 0 aliphatic carbocycles. The summed E-state index contributed by atoms with van der Waals surface area (Å²) in [6, 6.07) is 0. The Morgan fingerprint density at radius 1 is 1.56 bits per heavy atom. The molecule has 0 amide bonds. The third kappa shape index (κ3) is 4.33. The highest BCUT2D eigenvalue weighted by Crippen LogP contribution is 2.31. The number of rotatable bonds is 6. The highest BCUT2D eigenvalue weighted by Gasteiger charge is 2.43. The number of aliphatic hydroxyl groups is 1. The molecule has 18 heavy (non-hydrogen) atoms. The van der Waals surface area contributed by atoms with E-state index in [0.717, 1.165) is 0 Å². The minimum atomic E-state index is -0.404. The molecule has 1 heterocycles. The number of hydrogen-bond donors (Lipinski definition) is 1. The van der Waals surface area contributed by atoms with Crippen LogP contribution in [0.3, 0.4) is 0 Å². The molecule has 1 N–H and O–H groups in total. The molecule has 1 fully saturated rings. The number of alkyl halides is 1. The van der Waals surface area contributed by atoms with Crippen molar-refractivity contribution in [2.75, 3.05) is 6.61 Å². The predicted octanol–water partition coefficient (Wildman–Crippen LogP) is 1.75. The van der Waals surface area contributed by atoms with Crippen molar-refractivity contribution in [3.05, 3.63) is 0 Å². The van der Waals surface area contributed by atoms with Crippen LogP contribution < -0.4 is 0 Å². The monoisotopic (exact) mass is 298 g/mol. The molecule has 0 bridgehead atoms. The van der Waals surface area contributed by atoms with Crippen LogP contribution >= 0.6 is 20.7 Å². The average molecular weight is 299 g/mol. The summed E-state index contributed by atoms with van der Waals surface area (Å²) in [5.74, 6) is 0.0602. The molecular weight excluding hydrogens is 273 g/mol. The van der Waals surface area contributed by atoms with E-state index in [-0.39, 0.29) is 43.6 Å². The van der Waals surface area contributed by atoms with E-state index < -0.39 is 5.56 Å². The van der Waals surface area contributed by atoms with Crippen molar-refractivity contribution in [3.63, 3.8) is 0 Å². The molecular formula is C11H23BClO4P. The van der Waals surface area contributed by atoms with Gasteiger partial charge in [0.25, 0.3) is 0 Å². The maximum atomic E-state index is 6.89. The second-order valence-electron chi connectivity index (χ2n) is 4.85. The molecule has 7 unspecified atom stereocenters. The van der Waals surface area contributed by atoms with Crippen molar-refractivity contribution in [3.8, 4) is 0 Å². The lowest BCUT2D eigenvalue weighted by Crippen LogP contribution is -2.56.